The first-order valence-corrected chi connectivity index (χ1v) is 6.61. The Hall–Kier alpha value is -3.20. The highest BCUT2D eigenvalue weighted by atomic mass is 16.6. The van der Waals surface area contributed by atoms with Crippen molar-refractivity contribution in [1.82, 2.24) is 4.57 Å². The molecule has 0 amide bonds. The Kier molecular flexibility index (Phi) is 3.11. The average Bonchev–Trinajstić information content (AvgIpc) is 2.92. The summed E-state index contributed by atoms with van der Waals surface area (Å²) in [4.78, 5) is 22.5. The van der Waals surface area contributed by atoms with E-state index in [4.69, 9.17) is 5.26 Å². The van der Waals surface area contributed by atoms with E-state index in [1.165, 1.54) is 12.1 Å². The summed E-state index contributed by atoms with van der Waals surface area (Å²) in [6.45, 7) is 2.10. The van der Waals surface area contributed by atoms with Crippen molar-refractivity contribution in [3.8, 4) is 6.07 Å². The highest BCUT2D eigenvalue weighted by molar-refractivity contribution is 5.84. The molecule has 1 aliphatic heterocycles. The van der Waals surface area contributed by atoms with Crippen LogP contribution in [0.4, 0.5) is 5.69 Å². The van der Waals surface area contributed by atoms with Gasteiger partial charge in [0.15, 0.2) is 0 Å². The first-order chi connectivity index (χ1) is 10.5. The molecule has 0 atom stereocenters. The van der Waals surface area contributed by atoms with Crippen molar-refractivity contribution < 1.29 is 4.92 Å². The van der Waals surface area contributed by atoms with Crippen molar-refractivity contribution in [2.45, 2.75) is 13.5 Å². The van der Waals surface area contributed by atoms with Gasteiger partial charge in [-0.05, 0) is 47.9 Å². The van der Waals surface area contributed by atoms with Gasteiger partial charge in [0.2, 0.25) is 0 Å². The third kappa shape index (κ3) is 2.09. The summed E-state index contributed by atoms with van der Waals surface area (Å²) in [6, 6.07) is 9.95. The van der Waals surface area contributed by atoms with Crippen LogP contribution in [0.3, 0.4) is 0 Å². The zero-order chi connectivity index (χ0) is 15.9. The second-order valence-corrected chi connectivity index (χ2v) is 5.10. The van der Waals surface area contributed by atoms with Crippen LogP contribution in [0.2, 0.25) is 0 Å². The molecule has 0 bridgehead atoms. The molecule has 108 valence electrons. The Labute approximate surface area is 125 Å². The fourth-order valence-corrected chi connectivity index (χ4v) is 2.58. The van der Waals surface area contributed by atoms with Crippen molar-refractivity contribution in [2.75, 3.05) is 0 Å². The maximum atomic E-state index is 12.3. The van der Waals surface area contributed by atoms with E-state index < -0.39 is 4.92 Å². The molecule has 22 heavy (non-hydrogen) atoms. The topological polar surface area (TPSA) is 88.9 Å². The molecule has 6 nitrogen and oxygen atoms in total. The van der Waals surface area contributed by atoms with Gasteiger partial charge in [-0.15, -0.1) is 0 Å². The quantitative estimate of drug-likeness (QED) is 0.628. The SMILES string of the molecule is Cc1cc2n(c(=O)c1C#N)CC(c1ccc([N+](=O)[O-])cc1)=C2. The predicted molar refractivity (Wildman–Crippen MR) is 81.1 cm³/mol. The van der Waals surface area contributed by atoms with Crippen LogP contribution < -0.4 is 5.56 Å². The molecule has 0 unspecified atom stereocenters. The number of rotatable bonds is 2. The molecule has 1 aromatic heterocycles. The van der Waals surface area contributed by atoms with Gasteiger partial charge in [0, 0.05) is 17.8 Å². The fourth-order valence-electron chi connectivity index (χ4n) is 2.58. The maximum Gasteiger partial charge on any atom is 0.269 e. The molecule has 0 spiro atoms. The number of hydrogen-bond donors (Lipinski definition) is 0. The van der Waals surface area contributed by atoms with Gasteiger partial charge in [0.25, 0.3) is 11.2 Å². The van der Waals surface area contributed by atoms with Gasteiger partial charge in [-0.25, -0.2) is 0 Å². The first-order valence-electron chi connectivity index (χ1n) is 6.61. The van der Waals surface area contributed by atoms with E-state index in [-0.39, 0.29) is 16.8 Å². The molecule has 0 aliphatic carbocycles. The second kappa shape index (κ2) is 4.97. The van der Waals surface area contributed by atoms with Gasteiger partial charge < -0.3 is 4.57 Å². The molecule has 0 N–H and O–H groups in total. The number of non-ortho nitro benzene ring substituents is 1. The molecule has 0 saturated carbocycles. The Morgan fingerprint density at radius 1 is 1.32 bits per heavy atom. The summed E-state index contributed by atoms with van der Waals surface area (Å²) in [6.07, 6.45) is 1.87. The number of nitro groups is 1. The van der Waals surface area contributed by atoms with E-state index >= 15 is 0 Å². The van der Waals surface area contributed by atoms with Gasteiger partial charge in [0.05, 0.1) is 11.5 Å². The standard InChI is InChI=1S/C16H11N3O3/c1-10-6-14-7-12(9-18(14)16(20)15(10)8-17)11-2-4-13(5-3-11)19(21)22/h2-7H,9H2,1H3. The van der Waals surface area contributed by atoms with Gasteiger partial charge in [-0.1, -0.05) is 0 Å². The lowest BCUT2D eigenvalue weighted by Gasteiger charge is -2.06. The molecule has 2 aromatic rings. The van der Waals surface area contributed by atoms with E-state index in [0.29, 0.717) is 12.1 Å². The lowest BCUT2D eigenvalue weighted by molar-refractivity contribution is -0.384. The van der Waals surface area contributed by atoms with E-state index in [1.54, 1.807) is 29.7 Å². The minimum absolute atomic E-state index is 0.0274. The van der Waals surface area contributed by atoms with E-state index in [0.717, 1.165) is 16.8 Å². The Morgan fingerprint density at radius 3 is 2.59 bits per heavy atom. The Balaban J connectivity index is 2.02. The Bertz CT molecular complexity index is 915. The van der Waals surface area contributed by atoms with Gasteiger partial charge in [0.1, 0.15) is 11.6 Å². The van der Waals surface area contributed by atoms with E-state index in [9.17, 15) is 14.9 Å². The Morgan fingerprint density at radius 2 is 2.00 bits per heavy atom. The monoisotopic (exact) mass is 293 g/mol. The number of hydrogen-bond acceptors (Lipinski definition) is 4. The summed E-state index contributed by atoms with van der Waals surface area (Å²) in [5.74, 6) is 0. The smallest absolute Gasteiger partial charge is 0.269 e. The summed E-state index contributed by atoms with van der Waals surface area (Å²) >= 11 is 0. The molecule has 3 rings (SSSR count). The number of allylic oxidation sites excluding steroid dienone is 1. The van der Waals surface area contributed by atoms with Crippen LogP contribution in [0.1, 0.15) is 22.4 Å². The van der Waals surface area contributed by atoms with Crippen molar-refractivity contribution in [1.29, 1.82) is 5.26 Å². The van der Waals surface area contributed by atoms with Crippen LogP contribution in [0.5, 0.6) is 0 Å². The number of pyridine rings is 1. The number of benzene rings is 1. The number of aromatic nitrogens is 1. The van der Waals surface area contributed by atoms with Crippen LogP contribution >= 0.6 is 0 Å². The number of fused-ring (bicyclic) bond motifs is 1. The minimum Gasteiger partial charge on any atom is -0.303 e. The summed E-state index contributed by atoms with van der Waals surface area (Å²) < 4.78 is 1.54. The van der Waals surface area contributed by atoms with Gasteiger partial charge in [-0.2, -0.15) is 5.26 Å². The zero-order valence-corrected chi connectivity index (χ0v) is 11.7. The zero-order valence-electron chi connectivity index (χ0n) is 11.7. The van der Waals surface area contributed by atoms with Crippen molar-refractivity contribution in [3.63, 3.8) is 0 Å². The number of nitro benzene ring substituents is 1. The van der Waals surface area contributed by atoms with E-state index in [2.05, 4.69) is 0 Å². The molecule has 1 aliphatic rings. The van der Waals surface area contributed by atoms with Gasteiger partial charge >= 0.3 is 0 Å². The molecular formula is C16H11N3O3. The lowest BCUT2D eigenvalue weighted by Crippen LogP contribution is -2.23. The van der Waals surface area contributed by atoms with Crippen LogP contribution in [-0.2, 0) is 6.54 Å². The van der Waals surface area contributed by atoms with Crippen molar-refractivity contribution in [2.24, 2.45) is 0 Å². The highest BCUT2D eigenvalue weighted by Crippen LogP contribution is 2.27. The number of aryl methyl sites for hydroxylation is 1. The summed E-state index contributed by atoms with van der Waals surface area (Å²) in [5, 5.41) is 19.7. The van der Waals surface area contributed by atoms with E-state index in [1.807, 2.05) is 12.1 Å². The van der Waals surface area contributed by atoms with Crippen LogP contribution in [-0.4, -0.2) is 9.49 Å². The van der Waals surface area contributed by atoms with Crippen LogP contribution in [0.25, 0.3) is 11.6 Å². The molecule has 2 heterocycles. The molecule has 0 radical (unpaired) electrons. The number of nitriles is 1. The minimum atomic E-state index is -0.450. The van der Waals surface area contributed by atoms with Gasteiger partial charge in [-0.3, -0.25) is 14.9 Å². The van der Waals surface area contributed by atoms with Crippen LogP contribution in [0, 0.1) is 28.4 Å². The predicted octanol–water partition coefficient (Wildman–Crippen LogP) is 2.49. The third-order valence-electron chi connectivity index (χ3n) is 3.74. The van der Waals surface area contributed by atoms with Crippen molar-refractivity contribution in [3.05, 3.63) is 73.2 Å². The second-order valence-electron chi connectivity index (χ2n) is 5.10. The normalized spacial score (nSPS) is 12.5. The van der Waals surface area contributed by atoms with Crippen LogP contribution in [0.15, 0.2) is 35.1 Å². The lowest BCUT2D eigenvalue weighted by atomic mass is 10.1. The maximum absolute atomic E-state index is 12.3. The third-order valence-corrected chi connectivity index (χ3v) is 3.74. The average molecular weight is 293 g/mol. The summed E-state index contributed by atoms with van der Waals surface area (Å²) in [7, 11) is 0. The van der Waals surface area contributed by atoms with Crippen molar-refractivity contribution >= 4 is 17.3 Å². The first kappa shape index (κ1) is 13.8. The number of nitrogens with zero attached hydrogens (tertiary/aromatic N) is 3. The largest absolute Gasteiger partial charge is 0.303 e. The molecule has 1 aromatic carbocycles. The highest BCUT2D eigenvalue weighted by Gasteiger charge is 2.19. The fraction of sp³-hybridized carbons (Fsp3) is 0.125. The summed E-state index contributed by atoms with van der Waals surface area (Å²) in [5.41, 5.74) is 2.99. The molecule has 0 fully saturated rings. The molecule has 0 saturated heterocycles. The molecular weight excluding hydrogens is 282 g/mol. The molecule has 6 heteroatoms.